The van der Waals surface area contributed by atoms with Crippen molar-refractivity contribution in [2.75, 3.05) is 36.0 Å². The van der Waals surface area contributed by atoms with Crippen molar-refractivity contribution >= 4 is 34.4 Å². The van der Waals surface area contributed by atoms with Gasteiger partial charge in [0.1, 0.15) is 0 Å². The van der Waals surface area contributed by atoms with E-state index in [1.54, 1.807) is 31.7 Å². The smallest absolute Gasteiger partial charge is 0.338 e. The first-order chi connectivity index (χ1) is 17.8. The van der Waals surface area contributed by atoms with Gasteiger partial charge in [-0.3, -0.25) is 14.2 Å². The van der Waals surface area contributed by atoms with E-state index in [1.165, 1.54) is 20.2 Å². The molecule has 10 nitrogen and oxygen atoms in total. The summed E-state index contributed by atoms with van der Waals surface area (Å²) in [5.74, 6) is -2.43. The van der Waals surface area contributed by atoms with Crippen LogP contribution in [0.3, 0.4) is 0 Å². The Bertz CT molecular complexity index is 1540. The molecule has 6 rings (SSSR count). The Morgan fingerprint density at radius 2 is 1.78 bits per heavy atom. The molecular formula is C25H24F2N8O2. The number of nitrogens with zero attached hydrogens (tertiary/aromatic N) is 8. The van der Waals surface area contributed by atoms with Crippen LogP contribution in [0.1, 0.15) is 23.2 Å². The van der Waals surface area contributed by atoms with Crippen molar-refractivity contribution in [3.05, 3.63) is 71.2 Å². The molecular weight excluding hydrogens is 482 g/mol. The lowest BCUT2D eigenvalue weighted by molar-refractivity contribution is -0.0494. The number of likely N-dealkylation sites (tertiary alicyclic amines) is 1. The van der Waals surface area contributed by atoms with Gasteiger partial charge in [-0.15, -0.1) is 0 Å². The molecule has 37 heavy (non-hydrogen) atoms. The molecule has 190 valence electrons. The maximum atomic E-state index is 13.6. The van der Waals surface area contributed by atoms with Gasteiger partial charge in [0, 0.05) is 76.4 Å². The summed E-state index contributed by atoms with van der Waals surface area (Å²) >= 11 is 0. The number of fused-ring (bicyclic) bond motifs is 2. The fraction of sp³-hybridized carbons (Fsp3) is 0.320. The lowest BCUT2D eigenvalue weighted by atomic mass is 10.1. The number of hydrogen-bond acceptors (Lipinski definition) is 7. The van der Waals surface area contributed by atoms with E-state index in [1.807, 2.05) is 34.1 Å². The van der Waals surface area contributed by atoms with Gasteiger partial charge >= 0.3 is 5.69 Å². The minimum absolute atomic E-state index is 0.00478. The molecule has 2 aliphatic heterocycles. The Hall–Kier alpha value is -4.35. The third kappa shape index (κ3) is 4.07. The number of halogens is 2. The van der Waals surface area contributed by atoms with Crippen molar-refractivity contribution < 1.29 is 13.6 Å². The van der Waals surface area contributed by atoms with Crippen LogP contribution in [0, 0.1) is 0 Å². The number of pyridine rings is 3. The number of anilines is 4. The Morgan fingerprint density at radius 3 is 2.54 bits per heavy atom. The van der Waals surface area contributed by atoms with Crippen molar-refractivity contribution in [2.45, 2.75) is 18.8 Å². The van der Waals surface area contributed by atoms with Crippen LogP contribution in [0.25, 0.3) is 5.65 Å². The number of aromatic nitrogens is 5. The SMILES string of the molecule is Cn1nc2cc(N3CCN(c4cccnc4)c4cc(C(=O)N5CCC(F)(F)CC5)cnc43)ccn2c1=O. The highest BCUT2D eigenvalue weighted by atomic mass is 19.3. The minimum atomic E-state index is -2.73. The first kappa shape index (κ1) is 23.1. The maximum Gasteiger partial charge on any atom is 0.350 e. The summed E-state index contributed by atoms with van der Waals surface area (Å²) in [5, 5.41) is 4.28. The molecule has 6 heterocycles. The van der Waals surface area contributed by atoms with Gasteiger partial charge in [0.2, 0.25) is 0 Å². The summed E-state index contributed by atoms with van der Waals surface area (Å²) in [6.45, 7) is 1.17. The molecule has 0 saturated carbocycles. The largest absolute Gasteiger partial charge is 0.350 e. The summed E-state index contributed by atoms with van der Waals surface area (Å²) in [6, 6.07) is 9.18. The average molecular weight is 507 g/mol. The molecule has 0 N–H and O–H groups in total. The van der Waals surface area contributed by atoms with E-state index in [4.69, 9.17) is 0 Å². The molecule has 1 fully saturated rings. The van der Waals surface area contributed by atoms with Crippen LogP contribution >= 0.6 is 0 Å². The molecule has 0 unspecified atom stereocenters. The number of alkyl halides is 2. The highest BCUT2D eigenvalue weighted by Crippen LogP contribution is 2.40. The quantitative estimate of drug-likeness (QED) is 0.422. The van der Waals surface area contributed by atoms with Crippen molar-refractivity contribution in [3.8, 4) is 0 Å². The lowest BCUT2D eigenvalue weighted by Gasteiger charge is -2.38. The van der Waals surface area contributed by atoms with Gasteiger partial charge in [0.15, 0.2) is 11.5 Å². The molecule has 1 amide bonds. The maximum absolute atomic E-state index is 13.6. The number of hydrogen-bond donors (Lipinski definition) is 0. The fourth-order valence-corrected chi connectivity index (χ4v) is 4.88. The van der Waals surface area contributed by atoms with Gasteiger partial charge in [-0.25, -0.2) is 23.2 Å². The molecule has 1 saturated heterocycles. The van der Waals surface area contributed by atoms with E-state index in [-0.39, 0.29) is 37.5 Å². The molecule has 4 aromatic rings. The van der Waals surface area contributed by atoms with Crippen LogP contribution in [0.2, 0.25) is 0 Å². The van der Waals surface area contributed by atoms with Gasteiger partial charge in [-0.2, -0.15) is 5.10 Å². The second-order valence-corrected chi connectivity index (χ2v) is 9.25. The van der Waals surface area contributed by atoms with Crippen LogP contribution in [-0.4, -0.2) is 67.1 Å². The molecule has 0 atom stereocenters. The zero-order chi connectivity index (χ0) is 25.7. The standard InChI is InChI=1S/C25H24F2N8O2/c1-31-24(37)35-8-4-18(14-21(35)30-31)34-12-11-33(19-3-2-7-28-16-19)20-13-17(15-29-22(20)34)23(36)32-9-5-25(26,27)6-10-32/h2-4,7-8,13-16H,5-6,9-12H2,1H3. The molecule has 0 spiro atoms. The second-order valence-electron chi connectivity index (χ2n) is 9.25. The van der Waals surface area contributed by atoms with Crippen LogP contribution < -0.4 is 15.5 Å². The van der Waals surface area contributed by atoms with Gasteiger partial charge in [0.25, 0.3) is 11.8 Å². The number of rotatable bonds is 3. The zero-order valence-electron chi connectivity index (χ0n) is 20.1. The summed E-state index contributed by atoms with van der Waals surface area (Å²) in [6.07, 6.45) is 5.92. The Balaban J connectivity index is 1.40. The Labute approximate surface area is 210 Å². The van der Waals surface area contributed by atoms with Gasteiger partial charge < -0.3 is 14.7 Å². The van der Waals surface area contributed by atoms with Gasteiger partial charge in [0.05, 0.1) is 23.1 Å². The third-order valence-electron chi connectivity index (χ3n) is 6.89. The van der Waals surface area contributed by atoms with Crippen LogP contribution in [0.4, 0.5) is 31.7 Å². The topological polar surface area (TPSA) is 91.9 Å². The van der Waals surface area contributed by atoms with E-state index < -0.39 is 5.92 Å². The monoisotopic (exact) mass is 506 g/mol. The van der Waals surface area contributed by atoms with Crippen molar-refractivity contribution in [1.82, 2.24) is 29.0 Å². The van der Waals surface area contributed by atoms with E-state index in [9.17, 15) is 18.4 Å². The molecule has 12 heteroatoms. The second kappa shape index (κ2) is 8.64. The van der Waals surface area contributed by atoms with E-state index in [0.29, 0.717) is 35.8 Å². The number of piperidine rings is 1. The van der Waals surface area contributed by atoms with Gasteiger partial charge in [-0.05, 0) is 24.3 Å². The normalized spacial score (nSPS) is 17.2. The number of carbonyl (C=O) groups is 1. The number of aryl methyl sites for hydroxylation is 1. The van der Waals surface area contributed by atoms with Gasteiger partial charge in [-0.1, -0.05) is 0 Å². The average Bonchev–Trinajstić information content (AvgIpc) is 3.20. The lowest BCUT2D eigenvalue weighted by Crippen LogP contribution is -2.43. The predicted molar refractivity (Wildman–Crippen MR) is 133 cm³/mol. The van der Waals surface area contributed by atoms with E-state index >= 15 is 0 Å². The van der Waals surface area contributed by atoms with Crippen LogP contribution in [-0.2, 0) is 7.05 Å². The molecule has 0 aliphatic carbocycles. The third-order valence-corrected chi connectivity index (χ3v) is 6.89. The number of amides is 1. The van der Waals surface area contributed by atoms with Crippen molar-refractivity contribution in [3.63, 3.8) is 0 Å². The summed E-state index contributed by atoms with van der Waals surface area (Å²) in [7, 11) is 1.60. The number of carbonyl (C=O) groups excluding carboxylic acids is 1. The highest BCUT2D eigenvalue weighted by molar-refractivity contribution is 5.97. The van der Waals surface area contributed by atoms with Crippen LogP contribution in [0.15, 0.2) is 59.9 Å². The first-order valence-electron chi connectivity index (χ1n) is 12.0. The van der Waals surface area contributed by atoms with Crippen molar-refractivity contribution in [1.29, 1.82) is 0 Å². The summed E-state index contributed by atoms with van der Waals surface area (Å²) in [5.41, 5.74) is 2.96. The van der Waals surface area contributed by atoms with Crippen LogP contribution in [0.5, 0.6) is 0 Å². The first-order valence-corrected chi connectivity index (χ1v) is 12.0. The highest BCUT2D eigenvalue weighted by Gasteiger charge is 2.36. The summed E-state index contributed by atoms with van der Waals surface area (Å²) in [4.78, 5) is 39.9. The summed E-state index contributed by atoms with van der Waals surface area (Å²) < 4.78 is 30.0. The Morgan fingerprint density at radius 1 is 1.00 bits per heavy atom. The molecule has 4 aromatic heterocycles. The molecule has 0 radical (unpaired) electrons. The zero-order valence-corrected chi connectivity index (χ0v) is 20.1. The molecule has 0 bridgehead atoms. The predicted octanol–water partition coefficient (Wildman–Crippen LogP) is 2.98. The van der Waals surface area contributed by atoms with E-state index in [0.717, 1.165) is 11.4 Å². The molecule has 0 aromatic carbocycles. The van der Waals surface area contributed by atoms with Crippen molar-refractivity contribution in [2.24, 2.45) is 7.05 Å². The molecule has 2 aliphatic rings. The fourth-order valence-electron chi connectivity index (χ4n) is 4.88. The Kier molecular flexibility index (Phi) is 5.39. The minimum Gasteiger partial charge on any atom is -0.338 e. The van der Waals surface area contributed by atoms with E-state index in [2.05, 4.69) is 15.1 Å².